The smallest absolute Gasteiger partial charge is 0.0113 e. The highest BCUT2D eigenvalue weighted by atomic mass is 15.3. The third kappa shape index (κ3) is 3.21. The van der Waals surface area contributed by atoms with Crippen LogP contribution >= 0.6 is 0 Å². The first-order valence-electron chi connectivity index (χ1n) is 7.39. The van der Waals surface area contributed by atoms with E-state index in [1.54, 1.807) is 0 Å². The molecule has 2 N–H and O–H groups in total. The van der Waals surface area contributed by atoms with E-state index in [9.17, 15) is 0 Å². The second-order valence-corrected chi connectivity index (χ2v) is 5.95. The topological polar surface area (TPSA) is 32.5 Å². The molecule has 3 heteroatoms. The molecule has 1 aliphatic carbocycles. The summed E-state index contributed by atoms with van der Waals surface area (Å²) in [6, 6.07) is 0.939. The summed E-state index contributed by atoms with van der Waals surface area (Å²) in [7, 11) is 0. The van der Waals surface area contributed by atoms with Crippen LogP contribution < -0.4 is 5.73 Å². The van der Waals surface area contributed by atoms with E-state index in [-0.39, 0.29) is 0 Å². The number of hydrogen-bond acceptors (Lipinski definition) is 3. The standard InChI is InChI=1S/C14H29N3/c1-3-14(4-2,11-15)12-16-7-9-17(10-8-16)13-5-6-13/h13H,3-12,15H2,1-2H3. The average Bonchev–Trinajstić information content (AvgIpc) is 3.21. The predicted octanol–water partition coefficient (Wildman–Crippen LogP) is 1.53. The van der Waals surface area contributed by atoms with Crippen LogP contribution in [0.25, 0.3) is 0 Å². The van der Waals surface area contributed by atoms with Crippen molar-refractivity contribution in [2.75, 3.05) is 39.3 Å². The molecule has 3 nitrogen and oxygen atoms in total. The van der Waals surface area contributed by atoms with E-state index in [0.29, 0.717) is 5.41 Å². The Kier molecular flexibility index (Phi) is 4.45. The van der Waals surface area contributed by atoms with Gasteiger partial charge >= 0.3 is 0 Å². The summed E-state index contributed by atoms with van der Waals surface area (Å²) in [4.78, 5) is 5.32. The van der Waals surface area contributed by atoms with Crippen molar-refractivity contribution >= 4 is 0 Å². The highest BCUT2D eigenvalue weighted by Gasteiger charge is 2.33. The van der Waals surface area contributed by atoms with Crippen molar-refractivity contribution in [1.29, 1.82) is 0 Å². The van der Waals surface area contributed by atoms with Gasteiger partial charge in [-0.15, -0.1) is 0 Å². The van der Waals surface area contributed by atoms with Gasteiger partial charge in [0.2, 0.25) is 0 Å². The van der Waals surface area contributed by atoms with Crippen LogP contribution in [-0.2, 0) is 0 Å². The maximum absolute atomic E-state index is 5.99. The van der Waals surface area contributed by atoms with E-state index in [0.717, 1.165) is 12.6 Å². The molecule has 0 aromatic carbocycles. The average molecular weight is 239 g/mol. The molecule has 0 bridgehead atoms. The van der Waals surface area contributed by atoms with Gasteiger partial charge in [0.15, 0.2) is 0 Å². The van der Waals surface area contributed by atoms with E-state index in [2.05, 4.69) is 23.6 Å². The van der Waals surface area contributed by atoms with Crippen LogP contribution in [0.5, 0.6) is 0 Å². The van der Waals surface area contributed by atoms with Gasteiger partial charge < -0.3 is 10.6 Å². The number of rotatable bonds is 6. The molecule has 1 heterocycles. The summed E-state index contributed by atoms with van der Waals surface area (Å²) in [5.74, 6) is 0. The summed E-state index contributed by atoms with van der Waals surface area (Å²) >= 11 is 0. The Labute approximate surface area is 106 Å². The van der Waals surface area contributed by atoms with E-state index >= 15 is 0 Å². The van der Waals surface area contributed by atoms with Gasteiger partial charge in [-0.05, 0) is 37.6 Å². The second kappa shape index (κ2) is 5.68. The summed E-state index contributed by atoms with van der Waals surface area (Å²) < 4.78 is 0. The molecular formula is C14H29N3. The lowest BCUT2D eigenvalue weighted by Gasteiger charge is -2.41. The fraction of sp³-hybridized carbons (Fsp3) is 1.00. The molecule has 0 radical (unpaired) electrons. The molecule has 1 saturated carbocycles. The van der Waals surface area contributed by atoms with E-state index in [1.807, 2.05) is 0 Å². The molecule has 17 heavy (non-hydrogen) atoms. The fourth-order valence-electron chi connectivity index (χ4n) is 3.03. The summed E-state index contributed by atoms with van der Waals surface area (Å²) in [5.41, 5.74) is 6.36. The second-order valence-electron chi connectivity index (χ2n) is 5.95. The van der Waals surface area contributed by atoms with Crippen LogP contribution in [0.4, 0.5) is 0 Å². The van der Waals surface area contributed by atoms with Crippen molar-refractivity contribution in [2.24, 2.45) is 11.1 Å². The largest absolute Gasteiger partial charge is 0.330 e. The minimum absolute atomic E-state index is 0.363. The Balaban J connectivity index is 1.79. The van der Waals surface area contributed by atoms with Gasteiger partial charge in [0.1, 0.15) is 0 Å². The minimum atomic E-state index is 0.363. The molecule has 0 spiro atoms. The van der Waals surface area contributed by atoms with Gasteiger partial charge in [0, 0.05) is 38.8 Å². The molecule has 1 saturated heterocycles. The summed E-state index contributed by atoms with van der Waals surface area (Å²) in [6.07, 6.45) is 5.30. The van der Waals surface area contributed by atoms with Gasteiger partial charge in [0.05, 0.1) is 0 Å². The maximum Gasteiger partial charge on any atom is 0.0113 e. The van der Waals surface area contributed by atoms with Crippen LogP contribution in [0.1, 0.15) is 39.5 Å². The van der Waals surface area contributed by atoms with Crippen molar-refractivity contribution in [3.8, 4) is 0 Å². The van der Waals surface area contributed by atoms with Gasteiger partial charge in [0.25, 0.3) is 0 Å². The van der Waals surface area contributed by atoms with Gasteiger partial charge in [-0.1, -0.05) is 13.8 Å². The molecule has 2 fully saturated rings. The minimum Gasteiger partial charge on any atom is -0.330 e. The molecule has 0 amide bonds. The highest BCUT2D eigenvalue weighted by Crippen LogP contribution is 2.29. The normalized spacial score (nSPS) is 24.2. The molecule has 100 valence electrons. The van der Waals surface area contributed by atoms with Crippen molar-refractivity contribution < 1.29 is 0 Å². The SMILES string of the molecule is CCC(CC)(CN)CN1CCN(C2CC2)CC1. The lowest BCUT2D eigenvalue weighted by atomic mass is 9.82. The van der Waals surface area contributed by atoms with Crippen molar-refractivity contribution in [3.05, 3.63) is 0 Å². The molecule has 0 aromatic heterocycles. The van der Waals surface area contributed by atoms with E-state index < -0.39 is 0 Å². The number of hydrogen-bond donors (Lipinski definition) is 1. The summed E-state index contributed by atoms with van der Waals surface area (Å²) in [6.45, 7) is 11.7. The Bertz CT molecular complexity index is 217. The van der Waals surface area contributed by atoms with E-state index in [4.69, 9.17) is 5.73 Å². The van der Waals surface area contributed by atoms with Crippen LogP contribution in [-0.4, -0.2) is 55.1 Å². The molecule has 2 aliphatic rings. The van der Waals surface area contributed by atoms with Crippen LogP contribution in [0.15, 0.2) is 0 Å². The zero-order chi connectivity index (χ0) is 12.3. The molecule has 0 aromatic rings. The predicted molar refractivity (Wildman–Crippen MR) is 73.1 cm³/mol. The van der Waals surface area contributed by atoms with Crippen molar-refractivity contribution in [1.82, 2.24) is 9.80 Å². The monoisotopic (exact) mass is 239 g/mol. The van der Waals surface area contributed by atoms with Gasteiger partial charge in [-0.2, -0.15) is 0 Å². The fourth-order valence-corrected chi connectivity index (χ4v) is 3.03. The van der Waals surface area contributed by atoms with E-state index in [1.165, 1.54) is 58.4 Å². The molecule has 1 aliphatic heterocycles. The first-order chi connectivity index (χ1) is 8.23. The lowest BCUT2D eigenvalue weighted by molar-refractivity contribution is 0.0791. The quantitative estimate of drug-likeness (QED) is 0.763. The maximum atomic E-state index is 5.99. The van der Waals surface area contributed by atoms with Crippen LogP contribution in [0.3, 0.4) is 0 Å². The van der Waals surface area contributed by atoms with Crippen molar-refractivity contribution in [2.45, 2.75) is 45.6 Å². The summed E-state index contributed by atoms with van der Waals surface area (Å²) in [5, 5.41) is 0. The third-order valence-corrected chi connectivity index (χ3v) is 4.96. The Morgan fingerprint density at radius 3 is 2.06 bits per heavy atom. The third-order valence-electron chi connectivity index (χ3n) is 4.96. The first-order valence-corrected chi connectivity index (χ1v) is 7.39. The molecular weight excluding hydrogens is 210 g/mol. The Hall–Kier alpha value is -0.120. The number of nitrogens with zero attached hydrogens (tertiary/aromatic N) is 2. The number of piperazine rings is 1. The highest BCUT2D eigenvalue weighted by molar-refractivity contribution is 4.89. The van der Waals surface area contributed by atoms with Gasteiger partial charge in [-0.3, -0.25) is 4.90 Å². The van der Waals surface area contributed by atoms with Crippen LogP contribution in [0.2, 0.25) is 0 Å². The Morgan fingerprint density at radius 1 is 1.06 bits per heavy atom. The number of nitrogens with two attached hydrogens (primary N) is 1. The lowest BCUT2D eigenvalue weighted by Crippen LogP contribution is -2.51. The Morgan fingerprint density at radius 2 is 1.65 bits per heavy atom. The van der Waals surface area contributed by atoms with Gasteiger partial charge in [-0.25, -0.2) is 0 Å². The first kappa shape index (κ1) is 13.3. The zero-order valence-corrected chi connectivity index (χ0v) is 11.6. The molecule has 2 rings (SSSR count). The van der Waals surface area contributed by atoms with Crippen molar-refractivity contribution in [3.63, 3.8) is 0 Å². The zero-order valence-electron chi connectivity index (χ0n) is 11.6. The van der Waals surface area contributed by atoms with Crippen LogP contribution in [0, 0.1) is 5.41 Å². The molecule has 0 atom stereocenters. The molecule has 0 unspecified atom stereocenters.